The van der Waals surface area contributed by atoms with Gasteiger partial charge in [-0.05, 0) is 29.8 Å². The van der Waals surface area contributed by atoms with Crippen LogP contribution in [0.3, 0.4) is 0 Å². The molecule has 9 nitrogen and oxygen atoms in total. The molecule has 0 aliphatic rings. The highest BCUT2D eigenvalue weighted by molar-refractivity contribution is 6.35. The Bertz CT molecular complexity index is 1270. The van der Waals surface area contributed by atoms with Crippen LogP contribution < -0.4 is 20.8 Å². The van der Waals surface area contributed by atoms with Gasteiger partial charge >= 0.3 is 11.9 Å². The number of anilines is 1. The number of pyridine rings is 1. The number of carboxylic acids is 2. The predicted molar refractivity (Wildman–Crippen MR) is 118 cm³/mol. The van der Waals surface area contributed by atoms with Crippen molar-refractivity contribution < 1.29 is 29.3 Å². The molecule has 3 rings (SSSR count). The van der Waals surface area contributed by atoms with E-state index in [1.165, 1.54) is 25.3 Å². The molecule has 1 aromatic heterocycles. The normalized spacial score (nSPS) is 10.6. The van der Waals surface area contributed by atoms with E-state index in [4.69, 9.17) is 38.4 Å². The van der Waals surface area contributed by atoms with E-state index < -0.39 is 34.4 Å². The van der Waals surface area contributed by atoms with Crippen molar-refractivity contribution in [2.24, 2.45) is 0 Å². The second-order valence-corrected chi connectivity index (χ2v) is 7.27. The number of carboxylic acid groups (broad SMARTS) is 2. The molecule has 166 valence electrons. The topological polar surface area (TPSA) is 152 Å². The van der Waals surface area contributed by atoms with Crippen LogP contribution in [-0.2, 0) is 6.61 Å². The van der Waals surface area contributed by atoms with E-state index in [1.807, 2.05) is 0 Å². The van der Waals surface area contributed by atoms with E-state index in [0.717, 1.165) is 0 Å². The summed E-state index contributed by atoms with van der Waals surface area (Å²) in [5.41, 5.74) is 3.50. The maximum Gasteiger partial charge on any atom is 0.342 e. The molecule has 0 spiro atoms. The first-order valence-electron chi connectivity index (χ1n) is 8.92. The molecule has 5 N–H and O–H groups in total. The molecule has 0 saturated heterocycles. The monoisotopic (exact) mass is 478 g/mol. The van der Waals surface area contributed by atoms with Gasteiger partial charge in [0.2, 0.25) is 0 Å². The second kappa shape index (κ2) is 9.21. The number of carbonyl (C=O) groups is 2. The van der Waals surface area contributed by atoms with Gasteiger partial charge in [0.1, 0.15) is 23.6 Å². The molecule has 1 heterocycles. The van der Waals surface area contributed by atoms with E-state index in [-0.39, 0.29) is 29.2 Å². The average molecular weight is 479 g/mol. The van der Waals surface area contributed by atoms with Gasteiger partial charge in [-0.3, -0.25) is 4.79 Å². The van der Waals surface area contributed by atoms with Crippen LogP contribution in [0.4, 0.5) is 5.82 Å². The predicted octanol–water partition coefficient (Wildman–Crippen LogP) is 3.91. The lowest BCUT2D eigenvalue weighted by Gasteiger charge is -2.16. The van der Waals surface area contributed by atoms with Crippen molar-refractivity contribution in [3.63, 3.8) is 0 Å². The van der Waals surface area contributed by atoms with Crippen molar-refractivity contribution in [1.82, 2.24) is 4.98 Å². The molecule has 11 heteroatoms. The molecule has 0 fully saturated rings. The molecule has 32 heavy (non-hydrogen) atoms. The van der Waals surface area contributed by atoms with Gasteiger partial charge in [-0.15, -0.1) is 0 Å². The van der Waals surface area contributed by atoms with Gasteiger partial charge in [-0.25, -0.2) is 9.59 Å². The molecule has 0 amide bonds. The lowest BCUT2D eigenvalue weighted by Crippen LogP contribution is -2.24. The first kappa shape index (κ1) is 23.0. The summed E-state index contributed by atoms with van der Waals surface area (Å²) in [7, 11) is 1.39. The van der Waals surface area contributed by atoms with Gasteiger partial charge < -0.3 is 30.4 Å². The number of aromatic carboxylic acids is 2. The Labute approximate surface area is 190 Å². The highest BCUT2D eigenvalue weighted by Gasteiger charge is 2.27. The third-order valence-electron chi connectivity index (χ3n) is 4.56. The standard InChI is InChI=1S/C21H16Cl2N2O7/c1-31-13-6-5-9(7-14(13)32-8-10-11(22)3-2-4-12(10)23)15-16(20(27)28)18(24)25-19(26)17(15)21(29)30/h2-7H,8H2,1H3,(H,27,28)(H,29,30)(H3,24,25,26). The fourth-order valence-corrected chi connectivity index (χ4v) is 3.61. The second-order valence-electron chi connectivity index (χ2n) is 6.46. The number of aromatic nitrogens is 1. The number of nitrogens with one attached hydrogen (secondary N) is 1. The van der Waals surface area contributed by atoms with E-state index in [9.17, 15) is 24.6 Å². The van der Waals surface area contributed by atoms with Crippen LogP contribution in [-0.4, -0.2) is 34.2 Å². The maximum atomic E-state index is 12.2. The molecular weight excluding hydrogens is 463 g/mol. The molecule has 0 unspecified atom stereocenters. The molecule has 3 aromatic rings. The summed E-state index contributed by atoms with van der Waals surface area (Å²) in [5, 5.41) is 19.9. The molecule has 0 atom stereocenters. The number of H-pyrrole nitrogens is 1. The lowest BCUT2D eigenvalue weighted by molar-refractivity contribution is 0.0695. The van der Waals surface area contributed by atoms with Gasteiger partial charge in [0.15, 0.2) is 11.5 Å². The first-order valence-corrected chi connectivity index (χ1v) is 9.67. The highest BCUT2D eigenvalue weighted by Crippen LogP contribution is 2.37. The van der Waals surface area contributed by atoms with E-state index in [1.54, 1.807) is 18.2 Å². The van der Waals surface area contributed by atoms with Crippen LogP contribution in [0.5, 0.6) is 11.5 Å². The van der Waals surface area contributed by atoms with Gasteiger partial charge in [0.05, 0.1) is 7.11 Å². The number of nitrogens with two attached hydrogens (primary N) is 1. The Balaban J connectivity index is 2.18. The number of rotatable bonds is 7. The first-order chi connectivity index (χ1) is 15.1. The van der Waals surface area contributed by atoms with Crippen molar-refractivity contribution in [2.75, 3.05) is 12.8 Å². The van der Waals surface area contributed by atoms with E-state index in [0.29, 0.717) is 15.6 Å². The van der Waals surface area contributed by atoms with Crippen molar-refractivity contribution in [2.45, 2.75) is 6.61 Å². The van der Waals surface area contributed by atoms with Gasteiger partial charge in [-0.1, -0.05) is 35.3 Å². The molecule has 2 aromatic carbocycles. The zero-order chi connectivity index (χ0) is 23.6. The third kappa shape index (κ3) is 4.34. The summed E-state index contributed by atoms with van der Waals surface area (Å²) >= 11 is 12.3. The molecule has 0 radical (unpaired) electrons. The Morgan fingerprint density at radius 2 is 1.66 bits per heavy atom. The summed E-state index contributed by atoms with van der Waals surface area (Å²) in [6, 6.07) is 9.12. The van der Waals surface area contributed by atoms with E-state index >= 15 is 0 Å². The van der Waals surface area contributed by atoms with Crippen molar-refractivity contribution in [3.8, 4) is 22.6 Å². The zero-order valence-corrected chi connectivity index (χ0v) is 18.0. The van der Waals surface area contributed by atoms with Crippen LogP contribution in [0.25, 0.3) is 11.1 Å². The molecular formula is C21H16Cl2N2O7. The summed E-state index contributed by atoms with van der Waals surface area (Å²) in [5.74, 6) is -3.22. The average Bonchev–Trinajstić information content (AvgIpc) is 2.72. The van der Waals surface area contributed by atoms with Crippen molar-refractivity contribution in [3.05, 3.63) is 73.5 Å². The smallest absolute Gasteiger partial charge is 0.342 e. The SMILES string of the molecule is COc1ccc(-c2c(C(=O)O)c(N)[nH]c(=O)c2C(=O)O)cc1OCc1c(Cl)cccc1Cl. The number of hydrogen-bond donors (Lipinski definition) is 4. The van der Waals surface area contributed by atoms with Crippen LogP contribution >= 0.6 is 23.2 Å². The van der Waals surface area contributed by atoms with Gasteiger partial charge in [-0.2, -0.15) is 0 Å². The lowest BCUT2D eigenvalue weighted by atomic mass is 9.95. The number of aromatic amines is 1. The Kier molecular flexibility index (Phi) is 6.61. The number of ether oxygens (including phenoxy) is 2. The minimum atomic E-state index is -1.62. The fraction of sp³-hybridized carbons (Fsp3) is 0.0952. The molecule has 0 aliphatic carbocycles. The van der Waals surface area contributed by atoms with Crippen LogP contribution in [0.15, 0.2) is 41.2 Å². The number of hydrogen-bond acceptors (Lipinski definition) is 6. The Morgan fingerprint density at radius 1 is 1.03 bits per heavy atom. The summed E-state index contributed by atoms with van der Waals surface area (Å²) in [6.07, 6.45) is 0. The molecule has 0 saturated carbocycles. The number of methoxy groups -OCH3 is 1. The maximum absolute atomic E-state index is 12.2. The largest absolute Gasteiger partial charge is 0.493 e. The molecule has 0 aliphatic heterocycles. The van der Waals surface area contributed by atoms with Crippen molar-refractivity contribution >= 4 is 41.0 Å². The van der Waals surface area contributed by atoms with Crippen LogP contribution in [0.2, 0.25) is 10.0 Å². The van der Waals surface area contributed by atoms with Crippen LogP contribution in [0.1, 0.15) is 26.3 Å². The van der Waals surface area contributed by atoms with E-state index in [2.05, 4.69) is 4.98 Å². The fourth-order valence-electron chi connectivity index (χ4n) is 3.10. The third-order valence-corrected chi connectivity index (χ3v) is 5.27. The Morgan fingerprint density at radius 3 is 2.22 bits per heavy atom. The summed E-state index contributed by atoms with van der Waals surface area (Å²) in [6.45, 7) is -0.0621. The zero-order valence-electron chi connectivity index (χ0n) is 16.4. The summed E-state index contributed by atoms with van der Waals surface area (Å²) < 4.78 is 11.1. The summed E-state index contributed by atoms with van der Waals surface area (Å²) in [4.78, 5) is 37.9. The quantitative estimate of drug-likeness (QED) is 0.398. The number of halogens is 2. The van der Waals surface area contributed by atoms with Crippen molar-refractivity contribution in [1.29, 1.82) is 0 Å². The van der Waals surface area contributed by atoms with Gasteiger partial charge in [0.25, 0.3) is 5.56 Å². The highest BCUT2D eigenvalue weighted by atomic mass is 35.5. The molecule has 0 bridgehead atoms. The minimum Gasteiger partial charge on any atom is -0.493 e. The van der Waals surface area contributed by atoms with Crippen LogP contribution in [0, 0.1) is 0 Å². The number of benzene rings is 2. The minimum absolute atomic E-state index is 0.0621. The number of nitrogen functional groups attached to an aromatic ring is 1. The van der Waals surface area contributed by atoms with Gasteiger partial charge in [0, 0.05) is 21.2 Å². The Hall–Kier alpha value is -3.69.